The van der Waals surface area contributed by atoms with Crippen molar-refractivity contribution in [2.24, 2.45) is 0 Å². The fourth-order valence-corrected chi connectivity index (χ4v) is 3.96. The Bertz CT molecular complexity index is 1480. The Balaban J connectivity index is 1.69. The number of rotatable bonds is 6. The number of benzene rings is 4. The van der Waals surface area contributed by atoms with Gasteiger partial charge in [0.2, 0.25) is 0 Å². The van der Waals surface area contributed by atoms with Gasteiger partial charge in [0.15, 0.2) is 0 Å². The van der Waals surface area contributed by atoms with Crippen LogP contribution in [-0.2, 0) is 0 Å². The number of nitrogens with zero attached hydrogens (tertiary/aromatic N) is 2. The fraction of sp³-hybridized carbons (Fsp3) is 0. The zero-order chi connectivity index (χ0) is 24.2. The summed E-state index contributed by atoms with van der Waals surface area (Å²) in [5.74, 6) is -0.621. The van der Waals surface area contributed by atoms with Crippen LogP contribution >= 0.6 is 0 Å². The van der Waals surface area contributed by atoms with E-state index in [9.17, 15) is 14.9 Å². The van der Waals surface area contributed by atoms with Crippen molar-refractivity contribution < 1.29 is 14.6 Å². The van der Waals surface area contributed by atoms with Crippen molar-refractivity contribution in [2.75, 3.05) is 0 Å². The molecule has 0 aliphatic rings. The van der Waals surface area contributed by atoms with Gasteiger partial charge in [0.05, 0.1) is 21.9 Å². The Kier molecular flexibility index (Phi) is 5.92. The molecule has 0 amide bonds. The lowest BCUT2D eigenvalue weighted by Gasteiger charge is -2.14. The molecule has 4 aromatic carbocycles. The van der Waals surface area contributed by atoms with Crippen LogP contribution in [0.15, 0.2) is 121 Å². The third-order valence-electron chi connectivity index (χ3n) is 5.65. The molecule has 0 radical (unpaired) electrons. The van der Waals surface area contributed by atoms with Crippen molar-refractivity contribution in [1.29, 1.82) is 0 Å². The maximum Gasteiger partial charge on any atom is 0.363 e. The first-order valence-electron chi connectivity index (χ1n) is 11.0. The van der Waals surface area contributed by atoms with Gasteiger partial charge in [0.1, 0.15) is 0 Å². The van der Waals surface area contributed by atoms with Gasteiger partial charge in [0.25, 0.3) is 5.69 Å². The lowest BCUT2D eigenvalue weighted by molar-refractivity contribution is -0.384. The van der Waals surface area contributed by atoms with E-state index in [1.807, 2.05) is 97.1 Å². The summed E-state index contributed by atoms with van der Waals surface area (Å²) < 4.78 is 1.55. The first-order chi connectivity index (χ1) is 17.1. The van der Waals surface area contributed by atoms with Gasteiger partial charge in [-0.05, 0) is 23.8 Å². The van der Waals surface area contributed by atoms with Gasteiger partial charge in [-0.15, -0.1) is 0 Å². The van der Waals surface area contributed by atoms with E-state index in [1.54, 1.807) is 4.73 Å². The number of aromatic nitrogens is 1. The third kappa shape index (κ3) is 4.45. The van der Waals surface area contributed by atoms with Gasteiger partial charge in [0, 0.05) is 28.8 Å². The SMILES string of the molecule is O=C(On1c(-c2ccccc2)cc(-c2ccccc2)c1-c1ccccc1)c1ccc([N+](=O)[O-])cc1. The predicted octanol–water partition coefficient (Wildman–Crippen LogP) is 6.67. The molecule has 1 aromatic heterocycles. The topological polar surface area (TPSA) is 74.4 Å². The highest BCUT2D eigenvalue weighted by molar-refractivity contribution is 5.92. The van der Waals surface area contributed by atoms with Crippen LogP contribution in [0.1, 0.15) is 10.4 Å². The summed E-state index contributed by atoms with van der Waals surface area (Å²) in [6.07, 6.45) is 0. The maximum atomic E-state index is 13.2. The molecule has 0 spiro atoms. The molecule has 6 nitrogen and oxygen atoms in total. The summed E-state index contributed by atoms with van der Waals surface area (Å²) in [5.41, 5.74) is 5.20. The molecule has 0 bridgehead atoms. The van der Waals surface area contributed by atoms with Gasteiger partial charge in [-0.3, -0.25) is 10.1 Å². The molecule has 0 N–H and O–H groups in total. The fourth-order valence-electron chi connectivity index (χ4n) is 3.96. The molecule has 5 rings (SSSR count). The number of carbonyl (C=O) groups excluding carboxylic acids is 1. The molecule has 0 atom stereocenters. The quantitative estimate of drug-likeness (QED) is 0.210. The summed E-state index contributed by atoms with van der Waals surface area (Å²) in [6, 6.07) is 36.7. The van der Waals surface area contributed by atoms with Crippen molar-refractivity contribution in [3.8, 4) is 33.6 Å². The first-order valence-corrected chi connectivity index (χ1v) is 11.0. The second-order valence-corrected chi connectivity index (χ2v) is 7.87. The Labute approximate surface area is 201 Å². The number of non-ortho nitro benzene ring substituents is 1. The normalized spacial score (nSPS) is 10.6. The molecular weight excluding hydrogens is 440 g/mol. The standard InChI is InChI=1S/C29H20N2O4/c32-29(24-16-18-25(19-17-24)31(33)34)35-30-27(22-12-6-2-7-13-22)20-26(21-10-4-1-5-11-21)28(30)23-14-8-3-9-15-23/h1-20H. The van der Waals surface area contributed by atoms with Crippen LogP contribution in [0.25, 0.3) is 33.6 Å². The van der Waals surface area contributed by atoms with Crippen LogP contribution < -0.4 is 4.84 Å². The predicted molar refractivity (Wildman–Crippen MR) is 135 cm³/mol. The van der Waals surface area contributed by atoms with E-state index in [1.165, 1.54) is 24.3 Å². The van der Waals surface area contributed by atoms with Crippen molar-refractivity contribution in [2.45, 2.75) is 0 Å². The molecule has 0 unspecified atom stereocenters. The highest BCUT2D eigenvalue weighted by Gasteiger charge is 2.23. The second kappa shape index (κ2) is 9.49. The minimum atomic E-state index is -0.621. The van der Waals surface area contributed by atoms with Crippen molar-refractivity contribution in [3.63, 3.8) is 0 Å². The summed E-state index contributed by atoms with van der Waals surface area (Å²) in [5, 5.41) is 11.0. The van der Waals surface area contributed by atoms with Crippen LogP contribution in [0.2, 0.25) is 0 Å². The van der Waals surface area contributed by atoms with E-state index >= 15 is 0 Å². The van der Waals surface area contributed by atoms with Gasteiger partial charge in [-0.25, -0.2) is 4.79 Å². The molecule has 0 aliphatic carbocycles. The second-order valence-electron chi connectivity index (χ2n) is 7.87. The van der Waals surface area contributed by atoms with E-state index < -0.39 is 10.9 Å². The molecule has 0 fully saturated rings. The number of carbonyl (C=O) groups is 1. The van der Waals surface area contributed by atoms with Crippen LogP contribution in [0.5, 0.6) is 0 Å². The summed E-state index contributed by atoms with van der Waals surface area (Å²) in [6.45, 7) is 0. The maximum absolute atomic E-state index is 13.2. The smallest absolute Gasteiger partial charge is 0.330 e. The number of hydrogen-bond acceptors (Lipinski definition) is 4. The van der Waals surface area contributed by atoms with Gasteiger partial charge >= 0.3 is 5.97 Å². The van der Waals surface area contributed by atoms with Gasteiger partial charge in [-0.2, -0.15) is 4.73 Å². The highest BCUT2D eigenvalue weighted by Crippen LogP contribution is 2.38. The summed E-state index contributed by atoms with van der Waals surface area (Å²) in [7, 11) is 0. The van der Waals surface area contributed by atoms with E-state index in [2.05, 4.69) is 0 Å². The molecule has 0 saturated heterocycles. The van der Waals surface area contributed by atoms with E-state index in [0.717, 1.165) is 27.9 Å². The average molecular weight is 460 g/mol. The third-order valence-corrected chi connectivity index (χ3v) is 5.65. The minimum absolute atomic E-state index is 0.0937. The summed E-state index contributed by atoms with van der Waals surface area (Å²) >= 11 is 0. The summed E-state index contributed by atoms with van der Waals surface area (Å²) in [4.78, 5) is 29.7. The molecule has 35 heavy (non-hydrogen) atoms. The average Bonchev–Trinajstić information content (AvgIpc) is 3.29. The van der Waals surface area contributed by atoms with Crippen LogP contribution in [-0.4, -0.2) is 15.6 Å². The zero-order valence-electron chi connectivity index (χ0n) is 18.6. The Hall–Kier alpha value is -4.97. The molecule has 0 saturated carbocycles. The van der Waals surface area contributed by atoms with Crippen LogP contribution in [0.4, 0.5) is 5.69 Å². The van der Waals surface area contributed by atoms with E-state index in [4.69, 9.17) is 4.84 Å². The Morgan fingerprint density at radius 2 is 1.20 bits per heavy atom. The van der Waals surface area contributed by atoms with Crippen molar-refractivity contribution >= 4 is 11.7 Å². The number of hydrogen-bond donors (Lipinski definition) is 0. The monoisotopic (exact) mass is 460 g/mol. The molecule has 5 aromatic rings. The molecule has 1 heterocycles. The minimum Gasteiger partial charge on any atom is -0.330 e. The lowest BCUT2D eigenvalue weighted by Crippen LogP contribution is -2.21. The van der Waals surface area contributed by atoms with Crippen LogP contribution in [0, 0.1) is 10.1 Å². The van der Waals surface area contributed by atoms with Crippen LogP contribution in [0.3, 0.4) is 0 Å². The molecular formula is C29H20N2O4. The molecule has 6 heteroatoms. The van der Waals surface area contributed by atoms with E-state index in [0.29, 0.717) is 5.69 Å². The molecule has 170 valence electrons. The van der Waals surface area contributed by atoms with Crippen molar-refractivity contribution in [1.82, 2.24) is 4.73 Å². The van der Waals surface area contributed by atoms with Gasteiger partial charge in [-0.1, -0.05) is 91.0 Å². The number of nitro groups is 1. The first kappa shape index (κ1) is 21.9. The lowest BCUT2D eigenvalue weighted by atomic mass is 10.0. The van der Waals surface area contributed by atoms with E-state index in [-0.39, 0.29) is 11.3 Å². The largest absolute Gasteiger partial charge is 0.363 e. The molecule has 0 aliphatic heterocycles. The zero-order valence-corrected chi connectivity index (χ0v) is 18.6. The highest BCUT2D eigenvalue weighted by atomic mass is 16.7. The van der Waals surface area contributed by atoms with Gasteiger partial charge < -0.3 is 4.84 Å². The van der Waals surface area contributed by atoms with Crippen molar-refractivity contribution in [3.05, 3.63) is 137 Å². The number of nitro benzene ring substituents is 1. The Morgan fingerprint density at radius 1 is 0.686 bits per heavy atom. The Morgan fingerprint density at radius 3 is 1.74 bits per heavy atom.